The van der Waals surface area contributed by atoms with Crippen LogP contribution in [0.2, 0.25) is 0 Å². The van der Waals surface area contributed by atoms with Crippen molar-refractivity contribution in [3.63, 3.8) is 0 Å². The molecule has 0 spiro atoms. The Morgan fingerprint density at radius 2 is 2.26 bits per heavy atom. The summed E-state index contributed by atoms with van der Waals surface area (Å²) >= 11 is 0. The summed E-state index contributed by atoms with van der Waals surface area (Å²) < 4.78 is 7.60. The number of hydrogen-bond donors (Lipinski definition) is 1. The van der Waals surface area contributed by atoms with Crippen molar-refractivity contribution in [3.8, 4) is 0 Å². The molecule has 0 radical (unpaired) electrons. The third kappa shape index (κ3) is 3.96. The first-order valence-electron chi connectivity index (χ1n) is 6.96. The van der Waals surface area contributed by atoms with Crippen LogP contribution in [0, 0.1) is 6.92 Å². The molecule has 2 rings (SSSR count). The maximum atomic E-state index is 5.75. The van der Waals surface area contributed by atoms with Crippen LogP contribution in [0.5, 0.6) is 0 Å². The van der Waals surface area contributed by atoms with Gasteiger partial charge in [-0.25, -0.2) is 0 Å². The monoisotopic (exact) mass is 261 g/mol. The molecule has 0 aliphatic heterocycles. The lowest BCUT2D eigenvalue weighted by atomic mass is 10.1. The maximum absolute atomic E-state index is 5.75. The lowest BCUT2D eigenvalue weighted by Crippen LogP contribution is -2.22. The van der Waals surface area contributed by atoms with E-state index in [1.165, 1.54) is 5.56 Å². The Morgan fingerprint density at radius 3 is 2.84 bits per heavy atom. The van der Waals surface area contributed by atoms with Gasteiger partial charge in [-0.15, -0.1) is 0 Å². The van der Waals surface area contributed by atoms with Gasteiger partial charge >= 0.3 is 0 Å². The second-order valence-corrected chi connectivity index (χ2v) is 5.02. The Kier molecular flexibility index (Phi) is 4.80. The van der Waals surface area contributed by atoms with E-state index >= 15 is 0 Å². The molecule has 1 unspecified atom stereocenters. The van der Waals surface area contributed by atoms with Gasteiger partial charge in [-0.3, -0.25) is 4.68 Å². The van der Waals surface area contributed by atoms with Crippen molar-refractivity contribution in [1.82, 2.24) is 15.1 Å². The van der Waals surface area contributed by atoms with Crippen LogP contribution in [0.15, 0.2) is 28.9 Å². The van der Waals surface area contributed by atoms with Gasteiger partial charge in [0.1, 0.15) is 11.5 Å². The van der Waals surface area contributed by atoms with Crippen molar-refractivity contribution in [1.29, 1.82) is 0 Å². The molecule has 2 aromatic heterocycles. The van der Waals surface area contributed by atoms with E-state index in [2.05, 4.69) is 29.6 Å². The molecule has 0 fully saturated rings. The minimum absolute atomic E-state index is 0.286. The van der Waals surface area contributed by atoms with Crippen molar-refractivity contribution < 1.29 is 4.42 Å². The van der Waals surface area contributed by atoms with Crippen molar-refractivity contribution >= 4 is 0 Å². The number of rotatable bonds is 7. The van der Waals surface area contributed by atoms with E-state index in [4.69, 9.17) is 4.42 Å². The number of aromatic nitrogens is 2. The normalized spacial score (nSPS) is 12.8. The van der Waals surface area contributed by atoms with E-state index in [0.717, 1.165) is 37.3 Å². The molecule has 2 aromatic rings. The molecule has 1 N–H and O–H groups in total. The predicted octanol–water partition coefficient (Wildman–Crippen LogP) is 3.00. The van der Waals surface area contributed by atoms with Crippen LogP contribution in [0.1, 0.15) is 42.9 Å². The van der Waals surface area contributed by atoms with Crippen LogP contribution in [-0.4, -0.2) is 16.3 Å². The predicted molar refractivity (Wildman–Crippen MR) is 76.0 cm³/mol. The van der Waals surface area contributed by atoms with Gasteiger partial charge in [-0.1, -0.05) is 6.92 Å². The third-order valence-corrected chi connectivity index (χ3v) is 3.23. The summed E-state index contributed by atoms with van der Waals surface area (Å²) in [6, 6.07) is 4.39. The first-order valence-corrected chi connectivity index (χ1v) is 6.96. The molecule has 0 aromatic carbocycles. The number of furan rings is 1. The number of hydrogen-bond acceptors (Lipinski definition) is 3. The lowest BCUT2D eigenvalue weighted by molar-refractivity contribution is 0.385. The zero-order chi connectivity index (χ0) is 13.7. The average molecular weight is 261 g/mol. The van der Waals surface area contributed by atoms with Gasteiger partial charge in [-0.2, -0.15) is 5.10 Å². The van der Waals surface area contributed by atoms with Gasteiger partial charge in [-0.05, 0) is 50.4 Å². The highest BCUT2D eigenvalue weighted by atomic mass is 16.3. The summed E-state index contributed by atoms with van der Waals surface area (Å²) in [7, 11) is 1.95. The van der Waals surface area contributed by atoms with Crippen LogP contribution < -0.4 is 5.32 Å². The summed E-state index contributed by atoms with van der Waals surface area (Å²) in [6.07, 6.45) is 7.17. The summed E-state index contributed by atoms with van der Waals surface area (Å²) in [5.74, 6) is 2.01. The van der Waals surface area contributed by atoms with Crippen molar-refractivity contribution in [2.75, 3.05) is 6.54 Å². The van der Waals surface area contributed by atoms with Crippen LogP contribution in [0.4, 0.5) is 0 Å². The Labute approximate surface area is 114 Å². The summed E-state index contributed by atoms with van der Waals surface area (Å²) in [4.78, 5) is 0. The maximum Gasteiger partial charge on any atom is 0.121 e. The van der Waals surface area contributed by atoms with Crippen LogP contribution in [0.25, 0.3) is 0 Å². The number of aryl methyl sites for hydroxylation is 3. The van der Waals surface area contributed by atoms with Gasteiger partial charge in [0.05, 0.1) is 12.2 Å². The number of nitrogens with one attached hydrogen (secondary N) is 1. The lowest BCUT2D eigenvalue weighted by Gasteiger charge is -2.15. The highest BCUT2D eigenvalue weighted by Crippen LogP contribution is 2.21. The van der Waals surface area contributed by atoms with Crippen LogP contribution in [-0.2, 0) is 13.5 Å². The number of nitrogens with zero attached hydrogens (tertiary/aromatic N) is 2. The first kappa shape index (κ1) is 13.9. The van der Waals surface area contributed by atoms with E-state index in [1.807, 2.05) is 30.9 Å². The fourth-order valence-corrected chi connectivity index (χ4v) is 2.22. The fraction of sp³-hybridized carbons (Fsp3) is 0.533. The van der Waals surface area contributed by atoms with Gasteiger partial charge in [0.15, 0.2) is 0 Å². The summed E-state index contributed by atoms with van der Waals surface area (Å²) in [5, 5.41) is 7.76. The fourth-order valence-electron chi connectivity index (χ4n) is 2.22. The molecule has 0 bridgehead atoms. The zero-order valence-electron chi connectivity index (χ0n) is 12.0. The molecule has 2 heterocycles. The molecule has 104 valence electrons. The van der Waals surface area contributed by atoms with Crippen molar-refractivity contribution in [2.45, 2.75) is 39.2 Å². The Morgan fingerprint density at radius 1 is 1.42 bits per heavy atom. The quantitative estimate of drug-likeness (QED) is 0.833. The first-order chi connectivity index (χ1) is 9.19. The third-order valence-electron chi connectivity index (χ3n) is 3.23. The Balaban J connectivity index is 1.97. The van der Waals surface area contributed by atoms with E-state index in [0.29, 0.717) is 0 Å². The second-order valence-electron chi connectivity index (χ2n) is 5.02. The average Bonchev–Trinajstić information content (AvgIpc) is 2.99. The van der Waals surface area contributed by atoms with E-state index < -0.39 is 0 Å². The zero-order valence-corrected chi connectivity index (χ0v) is 12.0. The molecule has 0 saturated heterocycles. The highest BCUT2D eigenvalue weighted by molar-refractivity contribution is 5.11. The molecule has 0 aliphatic rings. The molecule has 0 saturated carbocycles. The van der Waals surface area contributed by atoms with E-state index in [9.17, 15) is 0 Å². The molecule has 0 aliphatic carbocycles. The van der Waals surface area contributed by atoms with Gasteiger partial charge in [0.25, 0.3) is 0 Å². The van der Waals surface area contributed by atoms with Gasteiger partial charge < -0.3 is 9.73 Å². The molecular formula is C15H23N3O. The van der Waals surface area contributed by atoms with Gasteiger partial charge in [0.2, 0.25) is 0 Å². The SMILES string of the molecule is CCCNC(CCc1cnn(C)c1)c1ccc(C)o1. The van der Waals surface area contributed by atoms with Crippen LogP contribution in [0.3, 0.4) is 0 Å². The second kappa shape index (κ2) is 6.57. The molecule has 4 nitrogen and oxygen atoms in total. The van der Waals surface area contributed by atoms with Gasteiger partial charge in [0, 0.05) is 13.2 Å². The molecule has 1 atom stereocenters. The molecule has 19 heavy (non-hydrogen) atoms. The minimum atomic E-state index is 0.286. The van der Waals surface area contributed by atoms with E-state index in [1.54, 1.807) is 0 Å². The molecule has 0 amide bonds. The summed E-state index contributed by atoms with van der Waals surface area (Å²) in [6.45, 7) is 5.18. The molecule has 4 heteroatoms. The summed E-state index contributed by atoms with van der Waals surface area (Å²) in [5.41, 5.74) is 1.27. The smallest absolute Gasteiger partial charge is 0.121 e. The molecular weight excluding hydrogens is 238 g/mol. The Hall–Kier alpha value is -1.55. The standard InChI is InChI=1S/C15H23N3O/c1-4-9-16-14(15-8-5-12(2)19-15)7-6-13-10-17-18(3)11-13/h5,8,10-11,14,16H,4,6-7,9H2,1-3H3. The topological polar surface area (TPSA) is 43.0 Å². The van der Waals surface area contributed by atoms with Crippen LogP contribution >= 0.6 is 0 Å². The Bertz CT molecular complexity index is 501. The minimum Gasteiger partial charge on any atom is -0.465 e. The largest absolute Gasteiger partial charge is 0.465 e. The van der Waals surface area contributed by atoms with Crippen molar-refractivity contribution in [3.05, 3.63) is 41.6 Å². The van der Waals surface area contributed by atoms with E-state index in [-0.39, 0.29) is 6.04 Å². The van der Waals surface area contributed by atoms with Crippen molar-refractivity contribution in [2.24, 2.45) is 7.05 Å². The highest BCUT2D eigenvalue weighted by Gasteiger charge is 2.14.